The lowest BCUT2D eigenvalue weighted by molar-refractivity contribution is -0.194. The third-order valence-corrected chi connectivity index (χ3v) is 2.86. The standard InChI is InChI=1S/C10H6F3N4O/c11-10(12,13)9(14)7(18)16-8-15-5-3-1-2-4-6(5)17(8)9/h1-4,14H,(H,15,16,18)/q-1. The van der Waals surface area contributed by atoms with Crippen molar-refractivity contribution in [2.24, 2.45) is 0 Å². The number of halogens is 3. The maximum absolute atomic E-state index is 13.0. The van der Waals surface area contributed by atoms with Crippen LogP contribution in [0.3, 0.4) is 0 Å². The van der Waals surface area contributed by atoms with Crippen molar-refractivity contribution < 1.29 is 18.0 Å². The molecule has 2 N–H and O–H groups in total. The number of carbonyl (C=O) groups is 1. The molecule has 0 bridgehead atoms. The van der Waals surface area contributed by atoms with Gasteiger partial charge in [0.15, 0.2) is 0 Å². The topological polar surface area (TPSA) is 70.7 Å². The number of hydrogen-bond donors (Lipinski definition) is 1. The largest absolute Gasteiger partial charge is 0.638 e. The van der Waals surface area contributed by atoms with Crippen LogP contribution in [0.5, 0.6) is 0 Å². The lowest BCUT2D eigenvalue weighted by Gasteiger charge is -2.35. The van der Waals surface area contributed by atoms with Crippen LogP contribution >= 0.6 is 0 Å². The molecular weight excluding hydrogens is 249 g/mol. The summed E-state index contributed by atoms with van der Waals surface area (Å²) >= 11 is 0. The molecule has 0 saturated heterocycles. The average Bonchev–Trinajstić information content (AvgIpc) is 2.74. The molecule has 1 unspecified atom stereocenters. The fraction of sp³-hybridized carbons (Fsp3) is 0.200. The van der Waals surface area contributed by atoms with Crippen LogP contribution in [0.4, 0.5) is 19.1 Å². The summed E-state index contributed by atoms with van der Waals surface area (Å²) in [7, 11) is 0. The van der Waals surface area contributed by atoms with E-state index < -0.39 is 17.7 Å². The number of fused-ring (bicyclic) bond motifs is 3. The second-order valence-corrected chi connectivity index (χ2v) is 3.92. The molecule has 1 aliphatic heterocycles. The predicted octanol–water partition coefficient (Wildman–Crippen LogP) is 2.26. The minimum absolute atomic E-state index is 0.0955. The molecule has 1 aliphatic rings. The van der Waals surface area contributed by atoms with Crippen molar-refractivity contribution in [2.75, 3.05) is 5.32 Å². The van der Waals surface area contributed by atoms with Crippen molar-refractivity contribution in [1.82, 2.24) is 9.55 Å². The summed E-state index contributed by atoms with van der Waals surface area (Å²) in [5, 5.41) is 1.99. The summed E-state index contributed by atoms with van der Waals surface area (Å²) in [6, 6.07) is 6.05. The second kappa shape index (κ2) is 3.02. The second-order valence-electron chi connectivity index (χ2n) is 3.92. The third kappa shape index (κ3) is 1.10. The van der Waals surface area contributed by atoms with Crippen LogP contribution in [0.25, 0.3) is 16.8 Å². The Balaban J connectivity index is 2.38. The normalized spacial score (nSPS) is 23.2. The van der Waals surface area contributed by atoms with Gasteiger partial charge in [0, 0.05) is 0 Å². The van der Waals surface area contributed by atoms with Gasteiger partial charge in [-0.15, -0.1) is 0 Å². The number of nitrogens with zero attached hydrogens (tertiary/aromatic N) is 2. The number of alkyl halides is 3. The highest BCUT2D eigenvalue weighted by Crippen LogP contribution is 2.45. The van der Waals surface area contributed by atoms with Gasteiger partial charge in [0.1, 0.15) is 5.66 Å². The molecule has 8 heteroatoms. The molecule has 18 heavy (non-hydrogen) atoms. The Bertz CT molecular complexity index is 663. The van der Waals surface area contributed by atoms with E-state index in [1.54, 1.807) is 6.07 Å². The first-order chi connectivity index (χ1) is 8.35. The van der Waals surface area contributed by atoms with Crippen molar-refractivity contribution in [3.05, 3.63) is 30.0 Å². The number of anilines is 1. The lowest BCUT2D eigenvalue weighted by Crippen LogP contribution is -2.48. The number of nitrogens with one attached hydrogen (secondary N) is 2. The van der Waals surface area contributed by atoms with Gasteiger partial charge in [-0.3, -0.25) is 10.1 Å². The first kappa shape index (κ1) is 11.0. The minimum Gasteiger partial charge on any atom is -0.638 e. The summed E-state index contributed by atoms with van der Waals surface area (Å²) in [5.74, 6) is -1.70. The Morgan fingerprint density at radius 2 is 2.00 bits per heavy atom. The van der Waals surface area contributed by atoms with Gasteiger partial charge >= 0.3 is 6.18 Å². The molecule has 2 heterocycles. The molecule has 94 valence electrons. The van der Waals surface area contributed by atoms with E-state index in [0.29, 0.717) is 10.1 Å². The molecule has 0 aliphatic carbocycles. The van der Waals surface area contributed by atoms with Crippen molar-refractivity contribution in [3.8, 4) is 0 Å². The number of hydrogen-bond acceptors (Lipinski definition) is 2. The highest BCUT2D eigenvalue weighted by Gasteiger charge is 2.57. The third-order valence-electron chi connectivity index (χ3n) is 2.86. The Morgan fingerprint density at radius 3 is 2.67 bits per heavy atom. The Hall–Kier alpha value is -2.09. The first-order valence-electron chi connectivity index (χ1n) is 4.97. The molecule has 1 aromatic heterocycles. The number of rotatable bonds is 0. The van der Waals surface area contributed by atoms with Gasteiger partial charge in [-0.25, -0.2) is 4.98 Å². The zero-order valence-corrected chi connectivity index (χ0v) is 8.75. The summed E-state index contributed by atoms with van der Waals surface area (Å²) in [6.45, 7) is 0. The van der Waals surface area contributed by atoms with Crippen LogP contribution in [0.1, 0.15) is 0 Å². The van der Waals surface area contributed by atoms with E-state index >= 15 is 0 Å². The first-order valence-corrected chi connectivity index (χ1v) is 4.97. The molecule has 2 aromatic rings. The van der Waals surface area contributed by atoms with Crippen LogP contribution in [0.15, 0.2) is 24.3 Å². The molecule has 0 saturated carbocycles. The monoisotopic (exact) mass is 255 g/mol. The fourth-order valence-corrected chi connectivity index (χ4v) is 2.00. The molecule has 1 aromatic carbocycles. The molecular formula is C10H6F3N4O-. The summed E-state index contributed by atoms with van der Waals surface area (Å²) in [6.07, 6.45) is -5.02. The van der Waals surface area contributed by atoms with Gasteiger partial charge in [-0.1, -0.05) is 12.1 Å². The molecule has 1 atom stereocenters. The van der Waals surface area contributed by atoms with Gasteiger partial charge < -0.3 is 10.3 Å². The van der Waals surface area contributed by atoms with E-state index in [4.69, 9.17) is 5.73 Å². The molecule has 0 radical (unpaired) electrons. The Kier molecular flexibility index (Phi) is 1.85. The SMILES string of the molecule is [NH-]C1(C(F)(F)F)C(=O)Nc2nc3ccccc3n21. The van der Waals surface area contributed by atoms with E-state index in [-0.39, 0.29) is 11.5 Å². The van der Waals surface area contributed by atoms with Crippen LogP contribution in [-0.2, 0) is 10.5 Å². The predicted molar refractivity (Wildman–Crippen MR) is 56.7 cm³/mol. The van der Waals surface area contributed by atoms with Gasteiger partial charge in [-0.05, 0) is 12.1 Å². The van der Waals surface area contributed by atoms with Gasteiger partial charge in [0.25, 0.3) is 0 Å². The molecule has 0 spiro atoms. The highest BCUT2D eigenvalue weighted by molar-refractivity contribution is 6.04. The average molecular weight is 255 g/mol. The maximum atomic E-state index is 13.0. The zero-order valence-electron chi connectivity index (χ0n) is 8.75. The van der Waals surface area contributed by atoms with E-state index in [1.165, 1.54) is 18.2 Å². The highest BCUT2D eigenvalue weighted by atomic mass is 19.4. The number of carbonyl (C=O) groups excluding carboxylic acids is 1. The molecule has 0 fully saturated rings. The Morgan fingerprint density at radius 1 is 1.33 bits per heavy atom. The van der Waals surface area contributed by atoms with Gasteiger partial charge in [-0.2, -0.15) is 13.2 Å². The fourth-order valence-electron chi connectivity index (χ4n) is 2.00. The maximum Gasteiger partial charge on any atom is 0.402 e. The van der Waals surface area contributed by atoms with Crippen molar-refractivity contribution in [2.45, 2.75) is 11.8 Å². The van der Waals surface area contributed by atoms with Crippen LogP contribution in [-0.4, -0.2) is 21.6 Å². The summed E-state index contributed by atoms with van der Waals surface area (Å²) in [4.78, 5) is 15.3. The quantitative estimate of drug-likeness (QED) is 0.784. The van der Waals surface area contributed by atoms with Crippen molar-refractivity contribution in [3.63, 3.8) is 0 Å². The van der Waals surface area contributed by atoms with Crippen molar-refractivity contribution >= 4 is 22.9 Å². The number of benzene rings is 1. The summed E-state index contributed by atoms with van der Waals surface area (Å²) in [5.41, 5.74) is 4.54. The van der Waals surface area contributed by atoms with E-state index in [1.807, 2.05) is 5.32 Å². The van der Waals surface area contributed by atoms with E-state index in [0.717, 1.165) is 0 Å². The zero-order chi connectivity index (χ0) is 13.1. The van der Waals surface area contributed by atoms with Gasteiger partial charge in [0.2, 0.25) is 11.9 Å². The molecule has 5 nitrogen and oxygen atoms in total. The summed E-state index contributed by atoms with van der Waals surface area (Å²) < 4.78 is 39.5. The van der Waals surface area contributed by atoms with Crippen LogP contribution < -0.4 is 5.32 Å². The minimum atomic E-state index is -5.02. The number of amides is 1. The van der Waals surface area contributed by atoms with E-state index in [9.17, 15) is 18.0 Å². The smallest absolute Gasteiger partial charge is 0.402 e. The van der Waals surface area contributed by atoms with Crippen LogP contribution in [0, 0.1) is 0 Å². The number of para-hydroxylation sites is 2. The van der Waals surface area contributed by atoms with Gasteiger partial charge in [0.05, 0.1) is 11.0 Å². The van der Waals surface area contributed by atoms with Crippen LogP contribution in [0.2, 0.25) is 0 Å². The number of imidazole rings is 1. The molecule has 3 rings (SSSR count). The number of aromatic nitrogens is 2. The molecule has 1 amide bonds. The van der Waals surface area contributed by atoms with Crippen molar-refractivity contribution in [1.29, 1.82) is 0 Å². The van der Waals surface area contributed by atoms with E-state index in [2.05, 4.69) is 4.98 Å². The Labute approximate surface area is 98.4 Å². The lowest BCUT2D eigenvalue weighted by atomic mass is 10.1.